The van der Waals surface area contributed by atoms with E-state index in [0.29, 0.717) is 0 Å². The molecule has 0 fully saturated rings. The van der Waals surface area contributed by atoms with Crippen LogP contribution in [0, 0.1) is 0 Å². The number of allylic oxidation sites excluding steroid dienone is 8. The van der Waals surface area contributed by atoms with Gasteiger partial charge in [0.1, 0.15) is 0 Å². The van der Waals surface area contributed by atoms with Gasteiger partial charge in [-0.25, -0.2) is 0 Å². The standard InChI is InChI=1S/C12H16/c1-2-4-6-8-10-12-11-9-7-5-3-1/h1-6,9,11H,7-8,10,12H2/b2-1-,5-3-,6-4-,11-9-. The number of hydrogen-bond donors (Lipinski definition) is 0. The Morgan fingerprint density at radius 2 is 1.33 bits per heavy atom. The quantitative estimate of drug-likeness (QED) is 0.473. The van der Waals surface area contributed by atoms with Gasteiger partial charge in [0.05, 0.1) is 0 Å². The Morgan fingerprint density at radius 1 is 0.583 bits per heavy atom. The van der Waals surface area contributed by atoms with Gasteiger partial charge in [-0.2, -0.15) is 0 Å². The third-order valence-electron chi connectivity index (χ3n) is 1.79. The molecule has 0 aromatic carbocycles. The van der Waals surface area contributed by atoms with Gasteiger partial charge in [-0.3, -0.25) is 0 Å². The van der Waals surface area contributed by atoms with E-state index in [2.05, 4.69) is 48.6 Å². The third kappa shape index (κ3) is 4.73. The summed E-state index contributed by atoms with van der Waals surface area (Å²) in [5.74, 6) is 0. The van der Waals surface area contributed by atoms with Crippen LogP contribution in [-0.2, 0) is 0 Å². The Bertz CT molecular complexity index is 204. The monoisotopic (exact) mass is 160 g/mol. The van der Waals surface area contributed by atoms with E-state index in [-0.39, 0.29) is 0 Å². The van der Waals surface area contributed by atoms with E-state index < -0.39 is 0 Å². The van der Waals surface area contributed by atoms with Crippen molar-refractivity contribution in [3.63, 3.8) is 0 Å². The summed E-state index contributed by atoms with van der Waals surface area (Å²) in [5.41, 5.74) is 0. The van der Waals surface area contributed by atoms with E-state index in [1.54, 1.807) is 0 Å². The molecule has 0 amide bonds. The van der Waals surface area contributed by atoms with Crippen molar-refractivity contribution < 1.29 is 0 Å². The fourth-order valence-corrected chi connectivity index (χ4v) is 1.11. The summed E-state index contributed by atoms with van der Waals surface area (Å²) in [5, 5.41) is 0. The van der Waals surface area contributed by atoms with Crippen molar-refractivity contribution in [3.8, 4) is 0 Å². The van der Waals surface area contributed by atoms with Crippen molar-refractivity contribution in [2.45, 2.75) is 25.7 Å². The second kappa shape index (κ2) is 6.66. The first kappa shape index (κ1) is 9.05. The summed E-state index contributed by atoms with van der Waals surface area (Å²) in [6, 6.07) is 0. The average molecular weight is 160 g/mol. The average Bonchev–Trinajstić information content (AvgIpc) is 2.05. The predicted molar refractivity (Wildman–Crippen MR) is 55.0 cm³/mol. The van der Waals surface area contributed by atoms with E-state index in [1.807, 2.05) is 0 Å². The maximum Gasteiger partial charge on any atom is -0.0166 e. The molecule has 0 aliphatic heterocycles. The summed E-state index contributed by atoms with van der Waals surface area (Å²) in [4.78, 5) is 0. The molecule has 0 nitrogen and oxygen atoms in total. The van der Waals surface area contributed by atoms with Crippen molar-refractivity contribution >= 4 is 0 Å². The molecule has 0 heteroatoms. The molecule has 0 aromatic rings. The van der Waals surface area contributed by atoms with Crippen LogP contribution in [0.15, 0.2) is 48.6 Å². The van der Waals surface area contributed by atoms with Crippen molar-refractivity contribution in [1.82, 2.24) is 0 Å². The van der Waals surface area contributed by atoms with Crippen molar-refractivity contribution in [1.29, 1.82) is 0 Å². The molecular formula is C12H16. The molecule has 12 heavy (non-hydrogen) atoms. The molecule has 1 aliphatic carbocycles. The lowest BCUT2D eigenvalue weighted by Gasteiger charge is -1.90. The number of hydrogen-bond acceptors (Lipinski definition) is 0. The second-order valence-corrected chi connectivity index (χ2v) is 2.88. The molecule has 0 bridgehead atoms. The molecule has 0 aromatic heterocycles. The van der Waals surface area contributed by atoms with Crippen LogP contribution in [-0.4, -0.2) is 0 Å². The molecular weight excluding hydrogens is 144 g/mol. The van der Waals surface area contributed by atoms with Crippen LogP contribution in [0.3, 0.4) is 0 Å². The highest BCUT2D eigenvalue weighted by Crippen LogP contribution is 2.00. The van der Waals surface area contributed by atoms with Gasteiger partial charge in [0.15, 0.2) is 0 Å². The zero-order chi connectivity index (χ0) is 8.49. The molecule has 1 aliphatic rings. The minimum atomic E-state index is 1.06. The Balaban J connectivity index is 2.42. The highest BCUT2D eigenvalue weighted by atomic mass is 13.9. The molecule has 0 atom stereocenters. The largest absolute Gasteiger partial charge is 0.0882 e. The minimum Gasteiger partial charge on any atom is -0.0882 e. The van der Waals surface area contributed by atoms with Gasteiger partial charge in [-0.1, -0.05) is 48.6 Å². The summed E-state index contributed by atoms with van der Waals surface area (Å²) in [6.45, 7) is 0. The lowest BCUT2D eigenvalue weighted by molar-refractivity contribution is 0.866. The second-order valence-electron chi connectivity index (χ2n) is 2.88. The van der Waals surface area contributed by atoms with Gasteiger partial charge in [0, 0.05) is 0 Å². The molecule has 0 N–H and O–H groups in total. The van der Waals surface area contributed by atoms with Gasteiger partial charge >= 0.3 is 0 Å². The highest BCUT2D eigenvalue weighted by Gasteiger charge is 1.80. The first-order valence-corrected chi connectivity index (χ1v) is 4.63. The van der Waals surface area contributed by atoms with E-state index in [4.69, 9.17) is 0 Å². The first-order valence-electron chi connectivity index (χ1n) is 4.63. The zero-order valence-electron chi connectivity index (χ0n) is 7.45. The molecule has 64 valence electrons. The van der Waals surface area contributed by atoms with E-state index in [1.165, 1.54) is 19.3 Å². The zero-order valence-corrected chi connectivity index (χ0v) is 7.45. The Kier molecular flexibility index (Phi) is 5.02. The van der Waals surface area contributed by atoms with Crippen molar-refractivity contribution in [2.24, 2.45) is 0 Å². The van der Waals surface area contributed by atoms with Crippen LogP contribution in [0.1, 0.15) is 25.7 Å². The van der Waals surface area contributed by atoms with Crippen LogP contribution in [0.4, 0.5) is 0 Å². The minimum absolute atomic E-state index is 1.06. The van der Waals surface area contributed by atoms with Crippen LogP contribution in [0.25, 0.3) is 0 Å². The van der Waals surface area contributed by atoms with Crippen LogP contribution in [0.5, 0.6) is 0 Å². The summed E-state index contributed by atoms with van der Waals surface area (Å²) in [7, 11) is 0. The molecule has 0 saturated carbocycles. The van der Waals surface area contributed by atoms with Gasteiger partial charge in [0.2, 0.25) is 0 Å². The van der Waals surface area contributed by atoms with E-state index in [0.717, 1.165) is 6.42 Å². The molecule has 0 unspecified atom stereocenters. The number of rotatable bonds is 0. The Labute approximate surface area is 75.0 Å². The maximum absolute atomic E-state index is 2.27. The van der Waals surface area contributed by atoms with Gasteiger partial charge in [0.25, 0.3) is 0 Å². The summed E-state index contributed by atoms with van der Waals surface area (Å²) in [6.07, 6.45) is 22.0. The topological polar surface area (TPSA) is 0 Å². The van der Waals surface area contributed by atoms with E-state index in [9.17, 15) is 0 Å². The fourth-order valence-electron chi connectivity index (χ4n) is 1.11. The van der Waals surface area contributed by atoms with Crippen LogP contribution < -0.4 is 0 Å². The normalized spacial score (nSPS) is 29.3. The van der Waals surface area contributed by atoms with Crippen LogP contribution in [0.2, 0.25) is 0 Å². The summed E-state index contributed by atoms with van der Waals surface area (Å²) >= 11 is 0. The molecule has 0 radical (unpaired) electrons. The lowest BCUT2D eigenvalue weighted by atomic mass is 10.2. The third-order valence-corrected chi connectivity index (χ3v) is 1.79. The summed E-state index contributed by atoms with van der Waals surface area (Å²) < 4.78 is 0. The smallest absolute Gasteiger partial charge is 0.0166 e. The fraction of sp³-hybridized carbons (Fsp3) is 0.333. The lowest BCUT2D eigenvalue weighted by Crippen LogP contribution is -1.69. The SMILES string of the molecule is C1=C\C=C/CCC/C=C\C\C=C/1. The first-order chi connectivity index (χ1) is 6.00. The predicted octanol–water partition coefficient (Wildman–Crippen LogP) is 3.79. The molecule has 1 rings (SSSR count). The van der Waals surface area contributed by atoms with Crippen molar-refractivity contribution in [2.75, 3.05) is 0 Å². The molecule has 0 spiro atoms. The van der Waals surface area contributed by atoms with Gasteiger partial charge in [-0.15, -0.1) is 0 Å². The van der Waals surface area contributed by atoms with Gasteiger partial charge in [-0.05, 0) is 25.7 Å². The van der Waals surface area contributed by atoms with E-state index >= 15 is 0 Å². The molecule has 0 saturated heterocycles. The Morgan fingerprint density at radius 3 is 2.25 bits per heavy atom. The Hall–Kier alpha value is -1.04. The molecule has 0 heterocycles. The maximum atomic E-state index is 2.27. The van der Waals surface area contributed by atoms with Crippen LogP contribution >= 0.6 is 0 Å². The van der Waals surface area contributed by atoms with Gasteiger partial charge < -0.3 is 0 Å². The highest BCUT2D eigenvalue weighted by molar-refractivity contribution is 5.12. The van der Waals surface area contributed by atoms with Crippen molar-refractivity contribution in [3.05, 3.63) is 48.6 Å².